The van der Waals surface area contributed by atoms with Crippen molar-refractivity contribution in [3.8, 4) is 0 Å². The van der Waals surface area contributed by atoms with Gasteiger partial charge in [-0.3, -0.25) is 0 Å². The fraction of sp³-hybridized carbons (Fsp3) is 1.00. The minimum Gasteiger partial charge on any atom is -0.313 e. The maximum Gasteiger partial charge on any atom is 0.0124 e. The van der Waals surface area contributed by atoms with Gasteiger partial charge in [-0.05, 0) is 62.3 Å². The molecule has 0 aromatic carbocycles. The molecule has 1 N–H and O–H groups in total. The zero-order valence-electron chi connectivity index (χ0n) is 13.5. The van der Waals surface area contributed by atoms with E-state index >= 15 is 0 Å². The monoisotopic (exact) mass is 265 g/mol. The first-order valence-electron chi connectivity index (χ1n) is 8.95. The number of rotatable bonds is 5. The van der Waals surface area contributed by atoms with E-state index in [0.29, 0.717) is 0 Å². The Labute approximate surface area is 120 Å². The molecule has 19 heavy (non-hydrogen) atoms. The molecule has 1 nitrogen and oxygen atoms in total. The molecule has 0 aromatic heterocycles. The second kappa shape index (κ2) is 7.67. The quantitative estimate of drug-likeness (QED) is 0.737. The lowest BCUT2D eigenvalue weighted by molar-refractivity contribution is 0.124. The molecule has 0 bridgehead atoms. The van der Waals surface area contributed by atoms with Crippen LogP contribution in [0.2, 0.25) is 0 Å². The van der Waals surface area contributed by atoms with Gasteiger partial charge >= 0.3 is 0 Å². The number of nitrogens with one attached hydrogen (secondary N) is 1. The summed E-state index contributed by atoms with van der Waals surface area (Å²) >= 11 is 0. The van der Waals surface area contributed by atoms with Gasteiger partial charge in [0.1, 0.15) is 0 Å². The van der Waals surface area contributed by atoms with E-state index in [9.17, 15) is 0 Å². The van der Waals surface area contributed by atoms with Crippen LogP contribution in [0.4, 0.5) is 0 Å². The summed E-state index contributed by atoms with van der Waals surface area (Å²) in [7, 11) is 0. The fourth-order valence-corrected chi connectivity index (χ4v) is 4.44. The molecule has 0 radical (unpaired) electrons. The molecular weight excluding hydrogens is 230 g/mol. The molecule has 2 fully saturated rings. The van der Waals surface area contributed by atoms with Crippen LogP contribution in [-0.2, 0) is 0 Å². The molecule has 2 aliphatic carbocycles. The molecule has 0 aromatic rings. The van der Waals surface area contributed by atoms with Gasteiger partial charge in [0.15, 0.2) is 0 Å². The molecule has 0 aliphatic heterocycles. The summed E-state index contributed by atoms with van der Waals surface area (Å²) in [6, 6.07) is 0.829. The van der Waals surface area contributed by atoms with Gasteiger partial charge in [-0.1, -0.05) is 46.5 Å². The zero-order valence-corrected chi connectivity index (χ0v) is 13.5. The van der Waals surface area contributed by atoms with Crippen LogP contribution in [0.25, 0.3) is 0 Å². The molecule has 2 rings (SSSR count). The van der Waals surface area contributed by atoms with Gasteiger partial charge in [0.25, 0.3) is 0 Å². The summed E-state index contributed by atoms with van der Waals surface area (Å²) in [6.45, 7) is 8.46. The first-order valence-corrected chi connectivity index (χ1v) is 8.95. The Balaban J connectivity index is 1.95. The summed E-state index contributed by atoms with van der Waals surface area (Å²) in [5, 5.41) is 3.94. The molecule has 4 atom stereocenters. The smallest absolute Gasteiger partial charge is 0.0124 e. The summed E-state index contributed by atoms with van der Waals surface area (Å²) in [4.78, 5) is 0. The third kappa shape index (κ3) is 4.21. The van der Waals surface area contributed by atoms with Crippen LogP contribution in [-0.4, -0.2) is 12.6 Å². The van der Waals surface area contributed by atoms with Gasteiger partial charge in [-0.2, -0.15) is 0 Å². The average Bonchev–Trinajstić information content (AvgIpc) is 2.44. The Morgan fingerprint density at radius 3 is 2.26 bits per heavy atom. The molecule has 1 heteroatoms. The van der Waals surface area contributed by atoms with Crippen molar-refractivity contribution in [2.75, 3.05) is 6.54 Å². The Hall–Kier alpha value is -0.0400. The van der Waals surface area contributed by atoms with Crippen LogP contribution >= 0.6 is 0 Å². The van der Waals surface area contributed by atoms with Gasteiger partial charge in [-0.25, -0.2) is 0 Å². The Kier molecular flexibility index (Phi) is 6.19. The van der Waals surface area contributed by atoms with E-state index < -0.39 is 0 Å². The van der Waals surface area contributed by atoms with Crippen molar-refractivity contribution in [2.24, 2.45) is 23.7 Å². The minimum atomic E-state index is 0.829. The summed E-state index contributed by atoms with van der Waals surface area (Å²) in [5.74, 6) is 3.83. The lowest BCUT2D eigenvalue weighted by Crippen LogP contribution is -2.45. The highest BCUT2D eigenvalue weighted by molar-refractivity contribution is 4.89. The standard InChI is InChI=1S/C18H35N/c1-4-12-19-18(16-8-6-5-7-9-16)17-11-10-14(2)15(3)13-17/h14-19H,4-13H2,1-3H3. The molecule has 112 valence electrons. The van der Waals surface area contributed by atoms with E-state index in [1.165, 1.54) is 64.3 Å². The van der Waals surface area contributed by atoms with Crippen LogP contribution in [0.5, 0.6) is 0 Å². The third-order valence-electron chi connectivity index (χ3n) is 5.93. The van der Waals surface area contributed by atoms with Gasteiger partial charge in [0.05, 0.1) is 0 Å². The van der Waals surface area contributed by atoms with Crippen molar-refractivity contribution >= 4 is 0 Å². The van der Waals surface area contributed by atoms with E-state index in [1.807, 2.05) is 0 Å². The second-order valence-electron chi connectivity index (χ2n) is 7.41. The van der Waals surface area contributed by atoms with Crippen molar-refractivity contribution in [3.63, 3.8) is 0 Å². The molecule has 0 spiro atoms. The molecule has 0 heterocycles. The van der Waals surface area contributed by atoms with Crippen molar-refractivity contribution in [2.45, 2.75) is 84.6 Å². The molecule has 0 saturated heterocycles. The maximum atomic E-state index is 3.94. The predicted octanol–water partition coefficient (Wildman–Crippen LogP) is 5.01. The number of hydrogen-bond acceptors (Lipinski definition) is 1. The highest BCUT2D eigenvalue weighted by Crippen LogP contribution is 2.39. The minimum absolute atomic E-state index is 0.829. The fourth-order valence-electron chi connectivity index (χ4n) is 4.44. The Morgan fingerprint density at radius 2 is 1.63 bits per heavy atom. The lowest BCUT2D eigenvalue weighted by atomic mass is 9.68. The van der Waals surface area contributed by atoms with Gasteiger partial charge < -0.3 is 5.32 Å². The lowest BCUT2D eigenvalue weighted by Gasteiger charge is -2.41. The van der Waals surface area contributed by atoms with E-state index in [0.717, 1.165) is 29.7 Å². The first-order chi connectivity index (χ1) is 9.22. The van der Waals surface area contributed by atoms with Crippen molar-refractivity contribution in [1.29, 1.82) is 0 Å². The SMILES string of the molecule is CCCNC(C1CCCCC1)C1CCC(C)C(C)C1. The summed E-state index contributed by atoms with van der Waals surface area (Å²) < 4.78 is 0. The van der Waals surface area contributed by atoms with Crippen molar-refractivity contribution in [3.05, 3.63) is 0 Å². The van der Waals surface area contributed by atoms with E-state index in [1.54, 1.807) is 0 Å². The summed E-state index contributed by atoms with van der Waals surface area (Å²) in [5.41, 5.74) is 0. The van der Waals surface area contributed by atoms with Crippen LogP contribution in [0.1, 0.15) is 78.6 Å². The highest BCUT2D eigenvalue weighted by atomic mass is 14.9. The van der Waals surface area contributed by atoms with E-state index in [4.69, 9.17) is 0 Å². The maximum absolute atomic E-state index is 3.94. The van der Waals surface area contributed by atoms with Gasteiger partial charge in [0.2, 0.25) is 0 Å². The average molecular weight is 265 g/mol. The van der Waals surface area contributed by atoms with Crippen LogP contribution in [0.15, 0.2) is 0 Å². The van der Waals surface area contributed by atoms with E-state index in [2.05, 4.69) is 26.1 Å². The Morgan fingerprint density at radius 1 is 0.895 bits per heavy atom. The first kappa shape index (κ1) is 15.4. The molecule has 4 unspecified atom stereocenters. The van der Waals surface area contributed by atoms with Crippen molar-refractivity contribution < 1.29 is 0 Å². The van der Waals surface area contributed by atoms with E-state index in [-0.39, 0.29) is 0 Å². The normalized spacial score (nSPS) is 35.2. The largest absolute Gasteiger partial charge is 0.313 e. The van der Waals surface area contributed by atoms with Gasteiger partial charge in [0, 0.05) is 6.04 Å². The molecule has 2 aliphatic rings. The van der Waals surface area contributed by atoms with Crippen LogP contribution in [0, 0.1) is 23.7 Å². The predicted molar refractivity (Wildman–Crippen MR) is 84.3 cm³/mol. The molecule has 2 saturated carbocycles. The van der Waals surface area contributed by atoms with Crippen LogP contribution in [0.3, 0.4) is 0 Å². The number of hydrogen-bond donors (Lipinski definition) is 1. The topological polar surface area (TPSA) is 12.0 Å². The molecular formula is C18H35N. The summed E-state index contributed by atoms with van der Waals surface area (Å²) in [6.07, 6.45) is 13.1. The Bertz CT molecular complexity index is 244. The van der Waals surface area contributed by atoms with Gasteiger partial charge in [-0.15, -0.1) is 0 Å². The zero-order chi connectivity index (χ0) is 13.7. The second-order valence-corrected chi connectivity index (χ2v) is 7.41. The molecule has 0 amide bonds. The van der Waals surface area contributed by atoms with Crippen molar-refractivity contribution in [1.82, 2.24) is 5.32 Å². The van der Waals surface area contributed by atoms with Crippen LogP contribution < -0.4 is 5.32 Å². The highest BCUT2D eigenvalue weighted by Gasteiger charge is 2.34. The third-order valence-corrected chi connectivity index (χ3v) is 5.93.